The van der Waals surface area contributed by atoms with Gasteiger partial charge >= 0.3 is 35.9 Å². The number of hydrogen-bond donors (Lipinski definition) is 2. The van der Waals surface area contributed by atoms with E-state index in [1.54, 1.807) is 7.11 Å². The van der Waals surface area contributed by atoms with Crippen LogP contribution in [0.4, 0.5) is 4.79 Å². The molecule has 2 N–H and O–H groups in total. The van der Waals surface area contributed by atoms with E-state index >= 15 is 0 Å². The third-order valence-corrected chi connectivity index (χ3v) is 13.4. The van der Waals surface area contributed by atoms with Gasteiger partial charge in [0.2, 0.25) is 0 Å². The van der Waals surface area contributed by atoms with Crippen molar-refractivity contribution >= 4 is 50.2 Å². The number of amides is 2. The van der Waals surface area contributed by atoms with Gasteiger partial charge in [-0.05, 0) is 71.0 Å². The van der Waals surface area contributed by atoms with Crippen LogP contribution in [0.15, 0.2) is 63.3 Å². The maximum atomic E-state index is 14.1. The van der Waals surface area contributed by atoms with Crippen molar-refractivity contribution < 1.29 is 80.6 Å². The minimum absolute atomic E-state index is 0.0660. The molecule has 1 saturated carbocycles. The third-order valence-electron chi connectivity index (χ3n) is 10.7. The van der Waals surface area contributed by atoms with E-state index in [9.17, 15) is 33.6 Å². The molecule has 0 saturated heterocycles. The molecule has 0 spiro atoms. The fourth-order valence-electron chi connectivity index (χ4n) is 7.12. The van der Waals surface area contributed by atoms with E-state index < -0.39 is 131 Å². The molecule has 0 heterocycles. The summed E-state index contributed by atoms with van der Waals surface area (Å²) in [6.45, 7) is 27.2. The van der Waals surface area contributed by atoms with Gasteiger partial charge in [-0.3, -0.25) is 4.79 Å². The summed E-state index contributed by atoms with van der Waals surface area (Å²) < 4.78 is 55.8. The topological polar surface area (TPSA) is 236 Å². The summed E-state index contributed by atoms with van der Waals surface area (Å²) in [6, 6.07) is 0.533. The minimum Gasteiger partial charge on any atom is -0.462 e. The third kappa shape index (κ3) is 23.4. The van der Waals surface area contributed by atoms with Crippen LogP contribution in [0.1, 0.15) is 60.3 Å². The van der Waals surface area contributed by atoms with Crippen LogP contribution in [0.25, 0.3) is 0 Å². The summed E-state index contributed by atoms with van der Waals surface area (Å²) in [5, 5.41) is 6.07. The van der Waals surface area contributed by atoms with Crippen LogP contribution in [0.3, 0.4) is 0 Å². The van der Waals surface area contributed by atoms with Gasteiger partial charge in [0.15, 0.2) is 8.32 Å². The van der Waals surface area contributed by atoms with Crippen molar-refractivity contribution in [2.24, 2.45) is 16.2 Å². The molecule has 2 amide bonds. The van der Waals surface area contributed by atoms with Crippen molar-refractivity contribution in [3.05, 3.63) is 63.3 Å². The highest BCUT2D eigenvalue weighted by atomic mass is 28.4. The Morgan fingerprint density at radius 2 is 1.04 bits per heavy atom. The molecular formula is C47H74N2O17Si. The molecule has 378 valence electrons. The standard InChI is InChI=1S/C47H74N2O17Si/c1-14-36(50)61-29-46(30-62-37(51)15-2,31-63-38(52)16-3)27-59-28-47(32-64-39(53)17-4,33-65-40(54)18-5)34-66-44(8,9)41(55)48-35-24-43(6,7)26-45(10,25-35)49-42(56)60-22-21-58-20-19-23-67(12,13)57-11/h14-18,35H,1-5,19-34H2,6-13H3,(H,48,55)(H,49,56). The fourth-order valence-corrected chi connectivity index (χ4v) is 8.32. The lowest BCUT2D eigenvalue weighted by atomic mass is 9.66. The van der Waals surface area contributed by atoms with Gasteiger partial charge in [-0.2, -0.15) is 0 Å². The molecule has 0 aliphatic heterocycles. The number of hydrogen-bond acceptors (Lipinski definition) is 17. The molecule has 1 fully saturated rings. The normalized spacial score (nSPS) is 17.0. The monoisotopic (exact) mass is 966 g/mol. The first-order valence-corrected chi connectivity index (χ1v) is 24.9. The Morgan fingerprint density at radius 3 is 1.46 bits per heavy atom. The van der Waals surface area contributed by atoms with Crippen LogP contribution >= 0.6 is 0 Å². The van der Waals surface area contributed by atoms with Crippen LogP contribution in [0, 0.1) is 16.2 Å². The number of nitrogens with one attached hydrogen (secondary N) is 2. The van der Waals surface area contributed by atoms with Crippen molar-refractivity contribution in [1.82, 2.24) is 10.6 Å². The summed E-state index contributed by atoms with van der Waals surface area (Å²) in [7, 11) is 0.0486. The number of alkyl carbamates (subject to hydrolysis) is 1. The SMILES string of the molecule is C=CC(=O)OCC(COCC(COC(=O)C=C)(COC(=O)C=C)COC(C)(C)C(=O)NC1CC(C)(C)CC(C)(NC(=O)OCCOCCC[Si](C)(C)OC)C1)(COC(=O)C=C)COC(=O)C=C. The van der Waals surface area contributed by atoms with E-state index in [1.165, 1.54) is 13.8 Å². The molecule has 2 unspecified atom stereocenters. The highest BCUT2D eigenvalue weighted by molar-refractivity contribution is 6.71. The van der Waals surface area contributed by atoms with Crippen LogP contribution in [0.2, 0.25) is 19.1 Å². The zero-order valence-electron chi connectivity index (χ0n) is 40.8. The zero-order valence-corrected chi connectivity index (χ0v) is 41.8. The Labute approximate surface area is 396 Å². The molecule has 1 aliphatic carbocycles. The first-order chi connectivity index (χ1) is 31.3. The molecule has 1 rings (SSSR count). The number of carbonyl (C=O) groups excluding carboxylic acids is 7. The quantitative estimate of drug-likeness (QED) is 0.0294. The average molecular weight is 967 g/mol. The lowest BCUT2D eigenvalue weighted by Gasteiger charge is -2.47. The van der Waals surface area contributed by atoms with Gasteiger partial charge in [0.05, 0.1) is 37.3 Å². The first kappa shape index (κ1) is 59.9. The van der Waals surface area contributed by atoms with Gasteiger partial charge in [-0.1, -0.05) is 46.7 Å². The molecule has 2 atom stereocenters. The zero-order chi connectivity index (χ0) is 51.0. The van der Waals surface area contributed by atoms with Crippen molar-refractivity contribution in [1.29, 1.82) is 0 Å². The average Bonchev–Trinajstić information content (AvgIpc) is 3.27. The molecule has 19 nitrogen and oxygen atoms in total. The number of ether oxygens (including phenoxy) is 9. The minimum atomic E-state index is -1.68. The van der Waals surface area contributed by atoms with E-state index in [-0.39, 0.29) is 18.6 Å². The van der Waals surface area contributed by atoms with E-state index in [0.29, 0.717) is 25.9 Å². The van der Waals surface area contributed by atoms with Gasteiger partial charge in [0.25, 0.3) is 5.91 Å². The van der Waals surface area contributed by atoms with Crippen LogP contribution in [0.5, 0.6) is 0 Å². The van der Waals surface area contributed by atoms with E-state index in [1.807, 2.05) is 20.8 Å². The van der Waals surface area contributed by atoms with E-state index in [4.69, 9.17) is 47.1 Å². The molecule has 0 aromatic heterocycles. The number of rotatable bonds is 33. The predicted molar refractivity (Wildman–Crippen MR) is 249 cm³/mol. The maximum Gasteiger partial charge on any atom is 0.407 e. The maximum absolute atomic E-state index is 14.1. The largest absolute Gasteiger partial charge is 0.462 e. The van der Waals surface area contributed by atoms with Gasteiger partial charge in [-0.15, -0.1) is 0 Å². The number of esters is 5. The summed E-state index contributed by atoms with van der Waals surface area (Å²) in [4.78, 5) is 88.5. The van der Waals surface area contributed by atoms with Crippen LogP contribution < -0.4 is 10.6 Å². The Bertz CT molecular complexity index is 1660. The molecule has 0 aromatic carbocycles. The fraction of sp³-hybridized carbons (Fsp3) is 0.638. The lowest BCUT2D eigenvalue weighted by molar-refractivity contribution is -0.177. The van der Waals surface area contributed by atoms with Crippen molar-refractivity contribution in [2.45, 2.75) is 96.6 Å². The molecule has 0 aromatic rings. The van der Waals surface area contributed by atoms with Crippen molar-refractivity contribution in [3.8, 4) is 0 Å². The first-order valence-electron chi connectivity index (χ1n) is 21.8. The Hall–Kier alpha value is -5.15. The predicted octanol–water partition coefficient (Wildman–Crippen LogP) is 4.86. The molecule has 20 heteroatoms. The summed E-state index contributed by atoms with van der Waals surface area (Å²) >= 11 is 0. The molecule has 0 bridgehead atoms. The van der Waals surface area contributed by atoms with Gasteiger partial charge < -0.3 is 57.7 Å². The number of carbonyl (C=O) groups is 7. The van der Waals surface area contributed by atoms with Gasteiger partial charge in [-0.25, -0.2) is 28.8 Å². The van der Waals surface area contributed by atoms with Crippen molar-refractivity contribution in [3.63, 3.8) is 0 Å². The second-order valence-electron chi connectivity index (χ2n) is 18.8. The molecule has 67 heavy (non-hydrogen) atoms. The van der Waals surface area contributed by atoms with Crippen molar-refractivity contribution in [2.75, 3.05) is 79.8 Å². The molecule has 0 radical (unpaired) electrons. The molecule has 1 aliphatic rings. The van der Waals surface area contributed by atoms with Gasteiger partial charge in [0, 0.05) is 55.7 Å². The second-order valence-corrected chi connectivity index (χ2v) is 23.2. The summed E-state index contributed by atoms with van der Waals surface area (Å²) in [5.74, 6) is -4.76. The second kappa shape index (κ2) is 28.2. The highest BCUT2D eigenvalue weighted by Crippen LogP contribution is 2.41. The Kier molecular flexibility index (Phi) is 25.2. The summed E-state index contributed by atoms with van der Waals surface area (Å²) in [5.41, 5.74) is -5.78. The van der Waals surface area contributed by atoms with Crippen LogP contribution in [-0.2, 0) is 75.8 Å². The van der Waals surface area contributed by atoms with Crippen LogP contribution in [-0.4, -0.2) is 147 Å². The van der Waals surface area contributed by atoms with E-state index in [0.717, 1.165) is 42.8 Å². The summed E-state index contributed by atoms with van der Waals surface area (Å²) in [6.07, 6.45) is 6.29. The van der Waals surface area contributed by atoms with E-state index in [2.05, 4.69) is 56.6 Å². The smallest absolute Gasteiger partial charge is 0.407 e. The lowest BCUT2D eigenvalue weighted by Crippen LogP contribution is -2.59. The molecular weight excluding hydrogens is 893 g/mol. The highest BCUT2D eigenvalue weighted by Gasteiger charge is 2.46. The van der Waals surface area contributed by atoms with Gasteiger partial charge in [0.1, 0.15) is 45.2 Å². The Balaban J connectivity index is 3.34. The Morgan fingerprint density at radius 1 is 0.612 bits per heavy atom.